The highest BCUT2D eigenvalue weighted by atomic mass is 32.1. The second-order valence-electron chi connectivity index (χ2n) is 5.62. The number of methoxy groups -OCH3 is 1. The first-order valence-electron chi connectivity index (χ1n) is 8.50. The van der Waals surface area contributed by atoms with E-state index in [0.717, 1.165) is 16.9 Å². The van der Waals surface area contributed by atoms with E-state index in [4.69, 9.17) is 17.0 Å². The smallest absolute Gasteiger partial charge is 0.337 e. The molecule has 9 heteroatoms. The van der Waals surface area contributed by atoms with E-state index < -0.39 is 0 Å². The van der Waals surface area contributed by atoms with Crippen LogP contribution in [0.15, 0.2) is 53.6 Å². The van der Waals surface area contributed by atoms with Crippen LogP contribution in [0.2, 0.25) is 0 Å². The van der Waals surface area contributed by atoms with Crippen molar-refractivity contribution >= 4 is 24.4 Å². The SMILES string of the molecule is CCOc1ccc(-c2n[nH]c(=S)n2NN=Cc2ccc(C(=O)OC)cc2)cc1. The van der Waals surface area contributed by atoms with Gasteiger partial charge in [-0.1, -0.05) is 12.1 Å². The minimum absolute atomic E-state index is 0.377. The van der Waals surface area contributed by atoms with Crippen LogP contribution in [0.1, 0.15) is 22.8 Å². The van der Waals surface area contributed by atoms with Gasteiger partial charge in [0.05, 0.1) is 25.5 Å². The number of hydrogen-bond donors (Lipinski definition) is 2. The number of hydrazone groups is 1. The summed E-state index contributed by atoms with van der Waals surface area (Å²) in [5.41, 5.74) is 4.99. The average Bonchev–Trinajstić information content (AvgIpc) is 3.09. The van der Waals surface area contributed by atoms with E-state index in [9.17, 15) is 4.79 Å². The summed E-state index contributed by atoms with van der Waals surface area (Å²) in [6, 6.07) is 14.4. The third-order valence-electron chi connectivity index (χ3n) is 3.80. The van der Waals surface area contributed by atoms with Crippen molar-refractivity contribution in [2.24, 2.45) is 5.10 Å². The third kappa shape index (κ3) is 4.44. The van der Waals surface area contributed by atoms with Gasteiger partial charge in [-0.3, -0.25) is 0 Å². The van der Waals surface area contributed by atoms with Gasteiger partial charge in [0.15, 0.2) is 5.82 Å². The molecule has 2 aromatic carbocycles. The second-order valence-corrected chi connectivity index (χ2v) is 6.00. The minimum Gasteiger partial charge on any atom is -0.494 e. The fraction of sp³-hybridized carbons (Fsp3) is 0.158. The topological polar surface area (TPSA) is 93.5 Å². The summed E-state index contributed by atoms with van der Waals surface area (Å²) in [7, 11) is 1.35. The Hall–Kier alpha value is -3.46. The molecule has 0 saturated heterocycles. The highest BCUT2D eigenvalue weighted by Crippen LogP contribution is 2.20. The molecule has 0 atom stereocenters. The van der Waals surface area contributed by atoms with Gasteiger partial charge >= 0.3 is 5.97 Å². The van der Waals surface area contributed by atoms with E-state index in [1.54, 1.807) is 35.2 Å². The molecule has 3 rings (SSSR count). The first kappa shape index (κ1) is 19.3. The van der Waals surface area contributed by atoms with Crippen LogP contribution in [0.4, 0.5) is 0 Å². The van der Waals surface area contributed by atoms with Crippen molar-refractivity contribution in [3.05, 3.63) is 64.4 Å². The summed E-state index contributed by atoms with van der Waals surface area (Å²) in [4.78, 5) is 11.5. The molecule has 2 N–H and O–H groups in total. The van der Waals surface area contributed by atoms with Crippen molar-refractivity contribution in [3.63, 3.8) is 0 Å². The maximum Gasteiger partial charge on any atom is 0.337 e. The molecule has 28 heavy (non-hydrogen) atoms. The summed E-state index contributed by atoms with van der Waals surface area (Å²) >= 11 is 5.26. The Morgan fingerprint density at radius 2 is 1.96 bits per heavy atom. The van der Waals surface area contributed by atoms with E-state index in [1.807, 2.05) is 31.2 Å². The van der Waals surface area contributed by atoms with Crippen LogP contribution < -0.4 is 10.3 Å². The van der Waals surface area contributed by atoms with Crippen LogP contribution in [-0.4, -0.2) is 40.8 Å². The van der Waals surface area contributed by atoms with E-state index in [0.29, 0.717) is 22.8 Å². The lowest BCUT2D eigenvalue weighted by molar-refractivity contribution is 0.0600. The molecule has 0 amide bonds. The lowest BCUT2D eigenvalue weighted by atomic mass is 10.1. The maximum atomic E-state index is 11.5. The molecule has 0 saturated carbocycles. The Kier molecular flexibility index (Phi) is 6.18. The number of aromatic nitrogens is 3. The number of hydrogen-bond acceptors (Lipinski definition) is 7. The zero-order chi connectivity index (χ0) is 19.9. The lowest BCUT2D eigenvalue weighted by Crippen LogP contribution is -2.10. The van der Waals surface area contributed by atoms with Crippen LogP contribution in [-0.2, 0) is 4.74 Å². The van der Waals surface area contributed by atoms with Crippen LogP contribution in [0.5, 0.6) is 5.75 Å². The number of nitrogens with one attached hydrogen (secondary N) is 2. The molecule has 0 aliphatic heterocycles. The zero-order valence-corrected chi connectivity index (χ0v) is 16.2. The van der Waals surface area contributed by atoms with Gasteiger partial charge in [0.2, 0.25) is 4.77 Å². The second kappa shape index (κ2) is 8.96. The monoisotopic (exact) mass is 397 g/mol. The van der Waals surface area contributed by atoms with Gasteiger partial charge in [-0.25, -0.2) is 15.4 Å². The Morgan fingerprint density at radius 3 is 2.61 bits per heavy atom. The van der Waals surface area contributed by atoms with Crippen LogP contribution >= 0.6 is 12.2 Å². The van der Waals surface area contributed by atoms with Crippen molar-refractivity contribution in [1.29, 1.82) is 0 Å². The molecule has 8 nitrogen and oxygen atoms in total. The quantitative estimate of drug-likeness (QED) is 0.275. The summed E-state index contributed by atoms with van der Waals surface area (Å²) in [6.45, 7) is 2.54. The van der Waals surface area contributed by atoms with Crippen molar-refractivity contribution in [3.8, 4) is 17.1 Å². The molecule has 0 unspecified atom stereocenters. The molecule has 0 spiro atoms. The van der Waals surface area contributed by atoms with Gasteiger partial charge in [0.25, 0.3) is 0 Å². The average molecular weight is 397 g/mol. The standard InChI is InChI=1S/C19H19N5O3S/c1-3-27-16-10-8-14(9-11-16)17-21-22-19(28)24(17)23-20-12-13-4-6-15(7-5-13)18(25)26-2/h4-12,23H,3H2,1-2H3,(H,22,28). The van der Waals surface area contributed by atoms with Crippen molar-refractivity contribution in [2.45, 2.75) is 6.92 Å². The number of rotatable bonds is 7. The molecule has 1 aromatic heterocycles. The number of H-pyrrole nitrogens is 1. The number of carbonyl (C=O) groups is 1. The van der Waals surface area contributed by atoms with E-state index in [-0.39, 0.29) is 5.97 Å². The molecular formula is C19H19N5O3S. The predicted molar refractivity (Wildman–Crippen MR) is 109 cm³/mol. The molecular weight excluding hydrogens is 378 g/mol. The van der Waals surface area contributed by atoms with Crippen molar-refractivity contribution < 1.29 is 14.3 Å². The van der Waals surface area contributed by atoms with Gasteiger partial charge in [-0.05, 0) is 61.1 Å². The number of nitrogens with zero attached hydrogens (tertiary/aromatic N) is 3. The number of ether oxygens (including phenoxy) is 2. The molecule has 3 aromatic rings. The van der Waals surface area contributed by atoms with Gasteiger partial charge in [0.1, 0.15) is 5.75 Å². The maximum absolute atomic E-state index is 11.5. The predicted octanol–water partition coefficient (Wildman–Crippen LogP) is 3.37. The largest absolute Gasteiger partial charge is 0.494 e. The van der Waals surface area contributed by atoms with E-state index in [2.05, 4.69) is 25.6 Å². The first-order chi connectivity index (χ1) is 13.6. The van der Waals surface area contributed by atoms with Gasteiger partial charge in [-0.2, -0.15) is 14.9 Å². The normalized spacial score (nSPS) is 10.8. The van der Waals surface area contributed by atoms with Crippen molar-refractivity contribution in [1.82, 2.24) is 14.9 Å². The highest BCUT2D eigenvalue weighted by molar-refractivity contribution is 7.71. The molecule has 144 valence electrons. The van der Waals surface area contributed by atoms with Gasteiger partial charge in [0, 0.05) is 5.56 Å². The number of aromatic amines is 1. The van der Waals surface area contributed by atoms with E-state index in [1.165, 1.54) is 7.11 Å². The molecule has 0 aliphatic rings. The fourth-order valence-corrected chi connectivity index (χ4v) is 2.61. The fourth-order valence-electron chi connectivity index (χ4n) is 2.43. The summed E-state index contributed by atoms with van der Waals surface area (Å²) in [6.07, 6.45) is 1.61. The van der Waals surface area contributed by atoms with Crippen LogP contribution in [0.3, 0.4) is 0 Å². The molecule has 0 aliphatic carbocycles. The zero-order valence-electron chi connectivity index (χ0n) is 15.4. The number of carbonyl (C=O) groups excluding carboxylic acids is 1. The molecule has 1 heterocycles. The number of benzene rings is 2. The van der Waals surface area contributed by atoms with Gasteiger partial charge in [-0.15, -0.1) is 0 Å². The van der Waals surface area contributed by atoms with E-state index >= 15 is 0 Å². The molecule has 0 fully saturated rings. The van der Waals surface area contributed by atoms with Crippen molar-refractivity contribution in [2.75, 3.05) is 19.3 Å². The third-order valence-corrected chi connectivity index (χ3v) is 4.07. The Labute approximate surface area is 166 Å². The van der Waals surface area contributed by atoms with Crippen LogP contribution in [0, 0.1) is 4.77 Å². The van der Waals surface area contributed by atoms with Crippen LogP contribution in [0.25, 0.3) is 11.4 Å². The molecule has 0 bridgehead atoms. The first-order valence-corrected chi connectivity index (χ1v) is 8.91. The summed E-state index contributed by atoms with van der Waals surface area (Å²) < 4.78 is 12.1. The Balaban J connectivity index is 1.74. The Morgan fingerprint density at radius 1 is 1.25 bits per heavy atom. The van der Waals surface area contributed by atoms with Gasteiger partial charge < -0.3 is 9.47 Å². The molecule has 0 radical (unpaired) electrons. The number of esters is 1. The lowest BCUT2D eigenvalue weighted by Gasteiger charge is -2.07. The highest BCUT2D eigenvalue weighted by Gasteiger charge is 2.09. The minimum atomic E-state index is -0.383. The Bertz CT molecular complexity index is 1020. The summed E-state index contributed by atoms with van der Waals surface area (Å²) in [5.74, 6) is 0.992. The summed E-state index contributed by atoms with van der Waals surface area (Å²) in [5, 5.41) is 11.2.